The van der Waals surface area contributed by atoms with Crippen LogP contribution in [0, 0.1) is 0 Å². The van der Waals surface area contributed by atoms with Crippen molar-refractivity contribution < 1.29 is 39.3 Å². The number of primary amides is 1. The van der Waals surface area contributed by atoms with Gasteiger partial charge in [-0.1, -0.05) is 12.1 Å². The van der Waals surface area contributed by atoms with Gasteiger partial charge in [-0.3, -0.25) is 19.2 Å². The molecule has 0 aliphatic heterocycles. The molecule has 0 aliphatic carbocycles. The minimum atomic E-state index is -1.45. The lowest BCUT2D eigenvalue weighted by molar-refractivity contribution is -0.142. The van der Waals surface area contributed by atoms with Crippen LogP contribution in [0.25, 0.3) is 0 Å². The first-order valence-electron chi connectivity index (χ1n) is 11.5. The highest BCUT2D eigenvalue weighted by atomic mass is 32.2. The Kier molecular flexibility index (Phi) is 13.4. The van der Waals surface area contributed by atoms with Crippen LogP contribution < -0.4 is 27.4 Å². The van der Waals surface area contributed by atoms with E-state index in [9.17, 15) is 39.3 Å². The van der Waals surface area contributed by atoms with Gasteiger partial charge in [0.05, 0.1) is 12.1 Å². The summed E-state index contributed by atoms with van der Waals surface area (Å²) in [6, 6.07) is 0.944. The second kappa shape index (κ2) is 15.7. The zero-order valence-electron chi connectivity index (χ0n) is 20.7. The Morgan fingerprint density at radius 2 is 1.54 bits per heavy atom. The highest BCUT2D eigenvalue weighted by molar-refractivity contribution is 7.98. The van der Waals surface area contributed by atoms with Crippen LogP contribution in [0.4, 0.5) is 0 Å². The third kappa shape index (κ3) is 11.5. The summed E-state index contributed by atoms with van der Waals surface area (Å²) < 4.78 is 0. The first kappa shape index (κ1) is 31.7. The molecule has 0 aromatic heterocycles. The number of benzene rings is 1. The minimum absolute atomic E-state index is 0.0511. The number of carboxylic acid groups (broad SMARTS) is 1. The SMILES string of the molecule is CSCCC(NC(=O)C(NC(=O)C(N)Cc1ccc(O)cc1)C(C)O)C(=O)NC(CCC(N)=O)C(=O)O. The van der Waals surface area contributed by atoms with Crippen LogP contribution in [0.15, 0.2) is 24.3 Å². The molecule has 0 spiro atoms. The number of rotatable bonds is 16. The van der Waals surface area contributed by atoms with Crippen molar-refractivity contribution in [3.05, 3.63) is 29.8 Å². The normalized spacial score (nSPS) is 14.9. The fourth-order valence-corrected chi connectivity index (χ4v) is 3.70. The van der Waals surface area contributed by atoms with E-state index in [1.54, 1.807) is 18.4 Å². The Balaban J connectivity index is 2.90. The van der Waals surface area contributed by atoms with Gasteiger partial charge in [0, 0.05) is 6.42 Å². The maximum absolute atomic E-state index is 12.9. The fourth-order valence-electron chi connectivity index (χ4n) is 3.23. The largest absolute Gasteiger partial charge is 0.508 e. The summed E-state index contributed by atoms with van der Waals surface area (Å²) in [6.07, 6.45) is 0.155. The van der Waals surface area contributed by atoms with E-state index in [4.69, 9.17) is 11.5 Å². The molecule has 1 aromatic rings. The molecule has 0 saturated heterocycles. The van der Waals surface area contributed by atoms with Crippen LogP contribution in [0.1, 0.15) is 31.7 Å². The summed E-state index contributed by atoms with van der Waals surface area (Å²) in [7, 11) is 0. The molecule has 5 unspecified atom stereocenters. The minimum Gasteiger partial charge on any atom is -0.508 e. The zero-order valence-corrected chi connectivity index (χ0v) is 21.5. The van der Waals surface area contributed by atoms with Crippen LogP contribution in [0.5, 0.6) is 5.75 Å². The van der Waals surface area contributed by atoms with Crippen LogP contribution in [0.3, 0.4) is 0 Å². The Morgan fingerprint density at radius 1 is 0.946 bits per heavy atom. The van der Waals surface area contributed by atoms with Crippen molar-refractivity contribution in [1.82, 2.24) is 16.0 Å². The lowest BCUT2D eigenvalue weighted by atomic mass is 10.0. The van der Waals surface area contributed by atoms with E-state index in [-0.39, 0.29) is 31.4 Å². The Hall–Kier alpha value is -3.36. The molecule has 1 rings (SSSR count). The van der Waals surface area contributed by atoms with E-state index in [0.717, 1.165) is 0 Å². The van der Waals surface area contributed by atoms with Crippen molar-refractivity contribution in [2.24, 2.45) is 11.5 Å². The van der Waals surface area contributed by atoms with E-state index in [0.29, 0.717) is 11.3 Å². The number of carbonyl (C=O) groups excluding carboxylic acids is 4. The molecule has 0 aliphatic rings. The Morgan fingerprint density at radius 3 is 2.05 bits per heavy atom. The number of aliphatic carboxylic acids is 1. The molecular weight excluding hydrogens is 506 g/mol. The number of nitrogens with one attached hydrogen (secondary N) is 3. The second-order valence-corrected chi connectivity index (χ2v) is 9.44. The molecule has 5 atom stereocenters. The van der Waals surface area contributed by atoms with Crippen molar-refractivity contribution in [3.8, 4) is 5.75 Å². The summed E-state index contributed by atoms with van der Waals surface area (Å²) in [5.74, 6) is -4.02. The number of hydrogen-bond acceptors (Lipinski definition) is 9. The third-order valence-electron chi connectivity index (χ3n) is 5.33. The molecule has 0 heterocycles. The standard InChI is InChI=1S/C23H35N5O8S/c1-12(29)19(28-20(32)15(24)11-13-3-5-14(30)6-4-13)22(34)26-16(9-10-37-2)21(33)27-17(23(35)36)7-8-18(25)31/h3-6,12,15-17,19,29-30H,7-11,24H2,1-2H3,(H2,25,31)(H,26,34)(H,27,33)(H,28,32)(H,35,36). The number of aliphatic hydroxyl groups is 1. The highest BCUT2D eigenvalue weighted by Crippen LogP contribution is 2.11. The predicted molar refractivity (Wildman–Crippen MR) is 136 cm³/mol. The van der Waals surface area contributed by atoms with Gasteiger partial charge in [-0.05, 0) is 55.9 Å². The average molecular weight is 542 g/mol. The number of phenols is 1. The first-order valence-corrected chi connectivity index (χ1v) is 12.9. The maximum atomic E-state index is 12.9. The van der Waals surface area contributed by atoms with Crippen LogP contribution >= 0.6 is 11.8 Å². The van der Waals surface area contributed by atoms with Gasteiger partial charge in [-0.2, -0.15) is 11.8 Å². The van der Waals surface area contributed by atoms with E-state index in [1.807, 2.05) is 0 Å². The molecule has 10 N–H and O–H groups in total. The lowest BCUT2D eigenvalue weighted by Gasteiger charge is -2.26. The smallest absolute Gasteiger partial charge is 0.326 e. The topological polar surface area (TPSA) is 234 Å². The number of phenolic OH excluding ortho intramolecular Hbond substituents is 1. The van der Waals surface area contributed by atoms with Crippen molar-refractivity contribution in [3.63, 3.8) is 0 Å². The van der Waals surface area contributed by atoms with Gasteiger partial charge in [0.25, 0.3) is 0 Å². The quantitative estimate of drug-likeness (QED) is 0.117. The molecule has 0 radical (unpaired) electrons. The highest BCUT2D eigenvalue weighted by Gasteiger charge is 2.32. The second-order valence-electron chi connectivity index (χ2n) is 8.45. The Bertz CT molecular complexity index is 944. The summed E-state index contributed by atoms with van der Waals surface area (Å²) in [5.41, 5.74) is 11.7. The van der Waals surface area contributed by atoms with E-state index < -0.39 is 59.9 Å². The van der Waals surface area contributed by atoms with Gasteiger partial charge in [0.2, 0.25) is 23.6 Å². The number of thioether (sulfide) groups is 1. The van der Waals surface area contributed by atoms with Crippen LogP contribution in [-0.4, -0.2) is 87.2 Å². The molecule has 0 saturated carbocycles. The van der Waals surface area contributed by atoms with Crippen molar-refractivity contribution >= 4 is 41.4 Å². The Labute approximate surface area is 218 Å². The number of carbonyl (C=O) groups is 5. The van der Waals surface area contributed by atoms with Gasteiger partial charge in [0.15, 0.2) is 0 Å². The number of amides is 4. The number of aliphatic hydroxyl groups excluding tert-OH is 1. The summed E-state index contributed by atoms with van der Waals surface area (Å²) in [6.45, 7) is 1.28. The molecule has 37 heavy (non-hydrogen) atoms. The molecular formula is C23H35N5O8S. The van der Waals surface area contributed by atoms with Crippen LogP contribution in [0.2, 0.25) is 0 Å². The van der Waals surface area contributed by atoms with E-state index in [1.165, 1.54) is 30.8 Å². The zero-order chi connectivity index (χ0) is 28.1. The van der Waals surface area contributed by atoms with Gasteiger partial charge in [0.1, 0.15) is 23.9 Å². The number of nitrogens with two attached hydrogens (primary N) is 2. The molecule has 14 heteroatoms. The lowest BCUT2D eigenvalue weighted by Crippen LogP contribution is -2.60. The van der Waals surface area contributed by atoms with E-state index in [2.05, 4.69) is 16.0 Å². The fraction of sp³-hybridized carbons (Fsp3) is 0.522. The summed E-state index contributed by atoms with van der Waals surface area (Å²) >= 11 is 1.38. The number of aromatic hydroxyl groups is 1. The number of hydrogen-bond donors (Lipinski definition) is 8. The molecule has 206 valence electrons. The molecule has 4 amide bonds. The van der Waals surface area contributed by atoms with Gasteiger partial charge in [-0.25, -0.2) is 4.79 Å². The summed E-state index contributed by atoms with van der Waals surface area (Å²) in [5, 5.41) is 36.0. The number of carboxylic acids is 1. The molecule has 0 fully saturated rings. The first-order chi connectivity index (χ1) is 17.3. The molecule has 1 aromatic carbocycles. The van der Waals surface area contributed by atoms with Gasteiger partial charge < -0.3 is 42.7 Å². The van der Waals surface area contributed by atoms with Crippen molar-refractivity contribution in [2.45, 2.75) is 62.9 Å². The van der Waals surface area contributed by atoms with Gasteiger partial charge in [-0.15, -0.1) is 0 Å². The summed E-state index contributed by atoms with van der Waals surface area (Å²) in [4.78, 5) is 60.8. The molecule has 0 bridgehead atoms. The maximum Gasteiger partial charge on any atom is 0.326 e. The molecule has 13 nitrogen and oxygen atoms in total. The van der Waals surface area contributed by atoms with Crippen LogP contribution in [-0.2, 0) is 30.4 Å². The average Bonchev–Trinajstić information content (AvgIpc) is 2.82. The van der Waals surface area contributed by atoms with Gasteiger partial charge >= 0.3 is 5.97 Å². The van der Waals surface area contributed by atoms with E-state index >= 15 is 0 Å². The van der Waals surface area contributed by atoms with Crippen molar-refractivity contribution in [2.75, 3.05) is 12.0 Å². The van der Waals surface area contributed by atoms with Crippen molar-refractivity contribution in [1.29, 1.82) is 0 Å². The third-order valence-corrected chi connectivity index (χ3v) is 5.97. The monoisotopic (exact) mass is 541 g/mol. The predicted octanol–water partition coefficient (Wildman–Crippen LogP) is -1.80.